The summed E-state index contributed by atoms with van der Waals surface area (Å²) in [5, 5.41) is 3.29. The number of amidine groups is 1. The fourth-order valence-corrected chi connectivity index (χ4v) is 5.50. The lowest BCUT2D eigenvalue weighted by Gasteiger charge is -2.23. The zero-order valence-corrected chi connectivity index (χ0v) is 21.4. The van der Waals surface area contributed by atoms with Crippen molar-refractivity contribution < 1.29 is 18.8 Å². The van der Waals surface area contributed by atoms with E-state index in [0.29, 0.717) is 38.6 Å². The Morgan fingerprint density at radius 3 is 2.47 bits per heavy atom. The number of anilines is 1. The molecule has 11 heteroatoms. The number of benzene rings is 2. The van der Waals surface area contributed by atoms with Gasteiger partial charge in [0, 0.05) is 40.2 Å². The molecule has 4 rings (SSSR count). The number of hydrogen-bond acceptors (Lipinski definition) is 6. The smallest absolute Gasteiger partial charge is 0.248 e. The Morgan fingerprint density at radius 1 is 1.17 bits per heavy atom. The largest absolute Gasteiger partial charge is 0.469 e. The number of carbonyl (C=O) groups excluding carboxylic acids is 3. The summed E-state index contributed by atoms with van der Waals surface area (Å²) in [5.41, 5.74) is 6.66. The molecule has 3 amide bonds. The first-order valence-electron chi connectivity index (χ1n) is 11.0. The maximum absolute atomic E-state index is 13.4. The molecule has 1 aliphatic rings. The van der Waals surface area contributed by atoms with E-state index in [-0.39, 0.29) is 24.3 Å². The summed E-state index contributed by atoms with van der Waals surface area (Å²) < 4.78 is 5.45. The predicted molar refractivity (Wildman–Crippen MR) is 142 cm³/mol. The molecule has 8 nitrogen and oxygen atoms in total. The van der Waals surface area contributed by atoms with Gasteiger partial charge in [-0.3, -0.25) is 19.3 Å². The number of thioether (sulfide) groups is 1. The van der Waals surface area contributed by atoms with Crippen LogP contribution in [0.4, 0.5) is 11.4 Å². The normalized spacial score (nSPS) is 17.4. The summed E-state index contributed by atoms with van der Waals surface area (Å²) in [6.45, 7) is 1.89. The van der Waals surface area contributed by atoms with E-state index in [0.717, 1.165) is 5.76 Å². The molecule has 1 saturated heterocycles. The predicted octanol–water partition coefficient (Wildman–Crippen LogP) is 5.28. The number of furan rings is 1. The molecule has 2 heterocycles. The van der Waals surface area contributed by atoms with E-state index in [1.807, 2.05) is 13.0 Å². The molecule has 0 spiro atoms. The van der Waals surface area contributed by atoms with Crippen LogP contribution < -0.4 is 11.1 Å². The SMILES string of the molecule is CC(Cc1ccco1)N1C(=O)C(CC(=O)Nc2cc(Cl)cc(Cl)c2)SC1=Nc1ccc(C(N)=O)cc1. The minimum Gasteiger partial charge on any atom is -0.469 e. The summed E-state index contributed by atoms with van der Waals surface area (Å²) in [6, 6.07) is 14.5. The van der Waals surface area contributed by atoms with E-state index in [1.165, 1.54) is 11.8 Å². The second kappa shape index (κ2) is 11.2. The van der Waals surface area contributed by atoms with Crippen LogP contribution in [0.25, 0.3) is 0 Å². The zero-order chi connectivity index (χ0) is 25.8. The lowest BCUT2D eigenvalue weighted by molar-refractivity contribution is -0.129. The Bertz CT molecular complexity index is 1290. The van der Waals surface area contributed by atoms with Crippen LogP contribution in [0.2, 0.25) is 10.0 Å². The average Bonchev–Trinajstić information content (AvgIpc) is 3.41. The second-order valence-electron chi connectivity index (χ2n) is 8.16. The number of hydrogen-bond donors (Lipinski definition) is 2. The van der Waals surface area contributed by atoms with Crippen molar-refractivity contribution in [2.24, 2.45) is 10.7 Å². The topological polar surface area (TPSA) is 118 Å². The Labute approximate surface area is 221 Å². The van der Waals surface area contributed by atoms with E-state index >= 15 is 0 Å². The summed E-state index contributed by atoms with van der Waals surface area (Å²) in [7, 11) is 0. The number of primary amides is 1. The summed E-state index contributed by atoms with van der Waals surface area (Å²) in [6.07, 6.45) is 1.98. The number of aliphatic imine (C=N–C) groups is 1. The molecular formula is C25H22Cl2N4O4S. The zero-order valence-electron chi connectivity index (χ0n) is 19.1. The van der Waals surface area contributed by atoms with Gasteiger partial charge in [0.1, 0.15) is 11.0 Å². The Balaban J connectivity index is 1.55. The van der Waals surface area contributed by atoms with E-state index in [4.69, 9.17) is 33.4 Å². The average molecular weight is 545 g/mol. The molecule has 0 radical (unpaired) electrons. The molecule has 3 N–H and O–H groups in total. The molecule has 3 aromatic rings. The van der Waals surface area contributed by atoms with Crippen molar-refractivity contribution in [3.63, 3.8) is 0 Å². The van der Waals surface area contributed by atoms with Crippen molar-refractivity contribution in [3.05, 3.63) is 82.2 Å². The summed E-state index contributed by atoms with van der Waals surface area (Å²) >= 11 is 13.2. The van der Waals surface area contributed by atoms with E-state index < -0.39 is 11.2 Å². The van der Waals surface area contributed by atoms with Gasteiger partial charge in [0.2, 0.25) is 17.7 Å². The van der Waals surface area contributed by atoms with Crippen molar-refractivity contribution in [1.82, 2.24) is 4.90 Å². The molecule has 36 heavy (non-hydrogen) atoms. The van der Waals surface area contributed by atoms with Crippen LogP contribution in [-0.4, -0.2) is 39.1 Å². The first-order valence-corrected chi connectivity index (χ1v) is 12.6. The van der Waals surface area contributed by atoms with Crippen LogP contribution in [0.15, 0.2) is 70.3 Å². The highest BCUT2D eigenvalue weighted by atomic mass is 35.5. The lowest BCUT2D eigenvalue weighted by Crippen LogP contribution is -2.41. The molecule has 1 fully saturated rings. The fraction of sp³-hybridized carbons (Fsp3) is 0.200. The van der Waals surface area contributed by atoms with Gasteiger partial charge in [-0.25, -0.2) is 4.99 Å². The molecule has 2 atom stereocenters. The second-order valence-corrected chi connectivity index (χ2v) is 10.2. The third kappa shape index (κ3) is 6.29. The monoisotopic (exact) mass is 544 g/mol. The van der Waals surface area contributed by atoms with Gasteiger partial charge < -0.3 is 15.5 Å². The molecule has 0 saturated carbocycles. The molecule has 0 aliphatic carbocycles. The van der Waals surface area contributed by atoms with Gasteiger partial charge in [0.25, 0.3) is 0 Å². The van der Waals surface area contributed by atoms with Crippen LogP contribution in [0.3, 0.4) is 0 Å². The maximum atomic E-state index is 13.4. The van der Waals surface area contributed by atoms with Crippen LogP contribution in [-0.2, 0) is 16.0 Å². The highest BCUT2D eigenvalue weighted by molar-refractivity contribution is 8.15. The first-order chi connectivity index (χ1) is 17.2. The number of carbonyl (C=O) groups is 3. The number of halogens is 2. The van der Waals surface area contributed by atoms with Crippen molar-refractivity contribution >= 4 is 69.2 Å². The molecule has 186 valence electrons. The molecular weight excluding hydrogens is 523 g/mol. The third-order valence-corrected chi connectivity index (χ3v) is 6.97. The van der Waals surface area contributed by atoms with Crippen molar-refractivity contribution in [1.29, 1.82) is 0 Å². The molecule has 1 aliphatic heterocycles. The minimum atomic E-state index is -0.678. The Morgan fingerprint density at radius 2 is 1.86 bits per heavy atom. The molecule has 2 aromatic carbocycles. The number of rotatable bonds is 8. The van der Waals surface area contributed by atoms with E-state index in [1.54, 1.807) is 59.7 Å². The summed E-state index contributed by atoms with van der Waals surface area (Å²) in [4.78, 5) is 43.8. The van der Waals surface area contributed by atoms with Crippen LogP contribution in [0.1, 0.15) is 29.5 Å². The Kier molecular flexibility index (Phi) is 8.03. The highest BCUT2D eigenvalue weighted by Crippen LogP contribution is 2.34. The third-order valence-electron chi connectivity index (χ3n) is 5.38. The van der Waals surface area contributed by atoms with Crippen LogP contribution in [0.5, 0.6) is 0 Å². The minimum absolute atomic E-state index is 0.0722. The Hall–Kier alpha value is -3.27. The quantitative estimate of drug-likeness (QED) is 0.400. The number of nitrogens with one attached hydrogen (secondary N) is 1. The van der Waals surface area contributed by atoms with Crippen molar-refractivity contribution in [2.45, 2.75) is 31.1 Å². The standard InChI is InChI=1S/C25H22Cl2N4O4S/c1-14(9-20-3-2-8-35-20)31-24(34)21(13-22(32)29-19-11-16(26)10-17(27)12-19)36-25(31)30-18-6-4-15(5-7-18)23(28)33/h2-8,10-12,14,21H,9,13H2,1H3,(H2,28,33)(H,29,32). The van der Waals surface area contributed by atoms with Crippen molar-refractivity contribution in [2.75, 3.05) is 5.32 Å². The lowest BCUT2D eigenvalue weighted by atomic mass is 10.1. The van der Waals surface area contributed by atoms with Crippen LogP contribution >= 0.6 is 35.0 Å². The maximum Gasteiger partial charge on any atom is 0.248 e. The fourth-order valence-electron chi connectivity index (χ4n) is 3.73. The van der Waals surface area contributed by atoms with E-state index in [2.05, 4.69) is 10.3 Å². The van der Waals surface area contributed by atoms with Gasteiger partial charge in [0.15, 0.2) is 5.17 Å². The van der Waals surface area contributed by atoms with Gasteiger partial charge in [-0.2, -0.15) is 0 Å². The highest BCUT2D eigenvalue weighted by Gasteiger charge is 2.41. The van der Waals surface area contributed by atoms with Crippen LogP contribution in [0, 0.1) is 0 Å². The van der Waals surface area contributed by atoms with Gasteiger partial charge in [-0.1, -0.05) is 35.0 Å². The molecule has 1 aromatic heterocycles. The first kappa shape index (κ1) is 25.8. The number of amides is 3. The van der Waals surface area contributed by atoms with Gasteiger partial charge in [-0.05, 0) is 61.5 Å². The van der Waals surface area contributed by atoms with Gasteiger partial charge in [-0.15, -0.1) is 0 Å². The van der Waals surface area contributed by atoms with Gasteiger partial charge in [0.05, 0.1) is 12.0 Å². The summed E-state index contributed by atoms with van der Waals surface area (Å²) in [5.74, 6) is -0.402. The molecule has 2 unspecified atom stereocenters. The molecule has 0 bridgehead atoms. The van der Waals surface area contributed by atoms with Crippen molar-refractivity contribution in [3.8, 4) is 0 Å². The number of nitrogens with zero attached hydrogens (tertiary/aromatic N) is 2. The number of nitrogens with two attached hydrogens (primary N) is 1. The van der Waals surface area contributed by atoms with Gasteiger partial charge >= 0.3 is 0 Å². The van der Waals surface area contributed by atoms with E-state index in [9.17, 15) is 14.4 Å².